The van der Waals surface area contributed by atoms with E-state index in [1.807, 2.05) is 18.2 Å². The molecule has 1 N–H and O–H groups in total. The summed E-state index contributed by atoms with van der Waals surface area (Å²) >= 11 is 0. The maximum Gasteiger partial charge on any atom is 0.273 e. The van der Waals surface area contributed by atoms with Crippen LogP contribution in [0.2, 0.25) is 0 Å². The summed E-state index contributed by atoms with van der Waals surface area (Å²) in [7, 11) is 2.91. The lowest BCUT2D eigenvalue weighted by Gasteiger charge is -2.13. The molecule has 0 saturated heterocycles. The van der Waals surface area contributed by atoms with Gasteiger partial charge in [-0.15, -0.1) is 0 Å². The van der Waals surface area contributed by atoms with Crippen molar-refractivity contribution >= 4 is 11.6 Å². The van der Waals surface area contributed by atoms with E-state index in [4.69, 9.17) is 14.3 Å². The molecule has 130 valence electrons. The standard InChI is InChI=1S/C19H20N2O4/c1-4-12-24-14-8-7-9-15(13-14)25-17-11-6-5-10-16(17)18(21-23-3)19(22)20-2/h4-11,13H,1,12H2,2-3H3,(H,20,22)/b21-18+. The van der Waals surface area contributed by atoms with E-state index in [1.165, 1.54) is 14.2 Å². The van der Waals surface area contributed by atoms with Gasteiger partial charge in [-0.25, -0.2) is 0 Å². The number of likely N-dealkylation sites (N-methyl/N-ethyl adjacent to an activating group) is 1. The van der Waals surface area contributed by atoms with E-state index in [0.717, 1.165) is 0 Å². The molecular weight excluding hydrogens is 320 g/mol. The van der Waals surface area contributed by atoms with Gasteiger partial charge in [-0.05, 0) is 24.3 Å². The molecule has 0 aliphatic carbocycles. The molecule has 2 aromatic carbocycles. The number of para-hydroxylation sites is 1. The number of carbonyl (C=O) groups is 1. The molecule has 0 unspecified atom stereocenters. The van der Waals surface area contributed by atoms with Crippen LogP contribution in [0.15, 0.2) is 66.3 Å². The fourth-order valence-electron chi connectivity index (χ4n) is 2.08. The summed E-state index contributed by atoms with van der Waals surface area (Å²) in [6.45, 7) is 4.02. The average Bonchev–Trinajstić information content (AvgIpc) is 2.65. The molecule has 0 heterocycles. The predicted octanol–water partition coefficient (Wildman–Crippen LogP) is 3.14. The van der Waals surface area contributed by atoms with E-state index in [9.17, 15) is 4.79 Å². The van der Waals surface area contributed by atoms with Crippen molar-refractivity contribution in [3.8, 4) is 17.2 Å². The van der Waals surface area contributed by atoms with E-state index in [2.05, 4.69) is 17.1 Å². The van der Waals surface area contributed by atoms with Crippen LogP contribution in [0.4, 0.5) is 0 Å². The van der Waals surface area contributed by atoms with Crippen molar-refractivity contribution in [2.75, 3.05) is 20.8 Å². The van der Waals surface area contributed by atoms with Crippen LogP contribution in [-0.4, -0.2) is 32.4 Å². The molecule has 0 spiro atoms. The number of benzene rings is 2. The monoisotopic (exact) mass is 340 g/mol. The molecule has 0 radical (unpaired) electrons. The predicted molar refractivity (Wildman–Crippen MR) is 96.3 cm³/mol. The normalized spacial score (nSPS) is 10.7. The van der Waals surface area contributed by atoms with Crippen LogP contribution in [-0.2, 0) is 9.63 Å². The van der Waals surface area contributed by atoms with E-state index in [-0.39, 0.29) is 11.6 Å². The number of hydrogen-bond acceptors (Lipinski definition) is 5. The molecule has 0 aromatic heterocycles. The van der Waals surface area contributed by atoms with Crippen LogP contribution in [0.3, 0.4) is 0 Å². The number of carbonyl (C=O) groups excluding carboxylic acids is 1. The second-order valence-corrected chi connectivity index (χ2v) is 4.87. The lowest BCUT2D eigenvalue weighted by Crippen LogP contribution is -2.28. The molecule has 0 bridgehead atoms. The highest BCUT2D eigenvalue weighted by molar-refractivity contribution is 6.45. The van der Waals surface area contributed by atoms with Crippen LogP contribution in [0, 0.1) is 0 Å². The Labute approximate surface area is 146 Å². The van der Waals surface area contributed by atoms with Gasteiger partial charge < -0.3 is 19.6 Å². The molecule has 2 aromatic rings. The smallest absolute Gasteiger partial charge is 0.273 e. The molecule has 0 fully saturated rings. The van der Waals surface area contributed by atoms with Crippen molar-refractivity contribution < 1.29 is 19.1 Å². The van der Waals surface area contributed by atoms with Gasteiger partial charge in [0.05, 0.1) is 5.56 Å². The molecule has 6 heteroatoms. The second-order valence-electron chi connectivity index (χ2n) is 4.87. The fourth-order valence-corrected chi connectivity index (χ4v) is 2.08. The third-order valence-corrected chi connectivity index (χ3v) is 3.17. The quantitative estimate of drug-likeness (QED) is 0.455. The van der Waals surface area contributed by atoms with Crippen molar-refractivity contribution in [2.45, 2.75) is 0 Å². The second kappa shape index (κ2) is 9.12. The fraction of sp³-hybridized carbons (Fsp3) is 0.158. The summed E-state index contributed by atoms with van der Waals surface area (Å²) in [5.41, 5.74) is 0.640. The van der Waals surface area contributed by atoms with E-state index < -0.39 is 0 Å². The SMILES string of the molecule is C=CCOc1cccc(Oc2ccccc2/C(=N\OC)C(=O)NC)c1. The van der Waals surface area contributed by atoms with E-state index >= 15 is 0 Å². The number of nitrogens with one attached hydrogen (secondary N) is 1. The zero-order valence-corrected chi connectivity index (χ0v) is 14.2. The Morgan fingerprint density at radius 3 is 2.68 bits per heavy atom. The Hall–Kier alpha value is -3.28. The molecule has 0 aliphatic heterocycles. The van der Waals surface area contributed by atoms with Gasteiger partial charge in [0, 0.05) is 13.1 Å². The topological polar surface area (TPSA) is 69.1 Å². The number of amides is 1. The van der Waals surface area contributed by atoms with Gasteiger partial charge in [-0.2, -0.15) is 0 Å². The number of ether oxygens (including phenoxy) is 2. The van der Waals surface area contributed by atoms with Gasteiger partial charge in [0.2, 0.25) is 0 Å². The lowest BCUT2D eigenvalue weighted by molar-refractivity contribution is -0.114. The number of oxime groups is 1. The van der Waals surface area contributed by atoms with E-state index in [1.54, 1.807) is 36.4 Å². The summed E-state index contributed by atoms with van der Waals surface area (Å²) < 4.78 is 11.4. The summed E-state index contributed by atoms with van der Waals surface area (Å²) in [5.74, 6) is 1.33. The molecule has 2 rings (SSSR count). The van der Waals surface area contributed by atoms with Gasteiger partial charge in [0.25, 0.3) is 5.91 Å². The molecule has 25 heavy (non-hydrogen) atoms. The largest absolute Gasteiger partial charge is 0.489 e. The first kappa shape index (κ1) is 18.1. The van der Waals surface area contributed by atoms with Crippen LogP contribution in [0.25, 0.3) is 0 Å². The Kier molecular flexibility index (Phi) is 6.59. The maximum absolute atomic E-state index is 12.1. The van der Waals surface area contributed by atoms with Gasteiger partial charge in [-0.1, -0.05) is 36.0 Å². The molecule has 0 atom stereocenters. The van der Waals surface area contributed by atoms with Gasteiger partial charge >= 0.3 is 0 Å². The first-order valence-corrected chi connectivity index (χ1v) is 7.63. The highest BCUT2D eigenvalue weighted by Gasteiger charge is 2.18. The van der Waals surface area contributed by atoms with E-state index in [0.29, 0.717) is 29.4 Å². The molecule has 1 amide bonds. The van der Waals surface area contributed by atoms with Crippen molar-refractivity contribution in [3.63, 3.8) is 0 Å². The van der Waals surface area contributed by atoms with Crippen molar-refractivity contribution in [3.05, 3.63) is 66.7 Å². The van der Waals surface area contributed by atoms with Crippen molar-refractivity contribution in [1.82, 2.24) is 5.32 Å². The maximum atomic E-state index is 12.1. The third-order valence-electron chi connectivity index (χ3n) is 3.17. The Balaban J connectivity index is 2.33. The number of nitrogens with zero attached hydrogens (tertiary/aromatic N) is 1. The zero-order chi connectivity index (χ0) is 18.1. The van der Waals surface area contributed by atoms with Crippen LogP contribution >= 0.6 is 0 Å². The minimum absolute atomic E-state index is 0.125. The zero-order valence-electron chi connectivity index (χ0n) is 14.2. The van der Waals surface area contributed by atoms with Gasteiger partial charge in [-0.3, -0.25) is 4.79 Å². The summed E-state index contributed by atoms with van der Waals surface area (Å²) in [6.07, 6.45) is 1.67. The summed E-state index contributed by atoms with van der Waals surface area (Å²) in [6, 6.07) is 14.3. The Morgan fingerprint density at radius 2 is 1.96 bits per heavy atom. The van der Waals surface area contributed by atoms with Crippen LogP contribution < -0.4 is 14.8 Å². The number of hydrogen-bond donors (Lipinski definition) is 1. The van der Waals surface area contributed by atoms with Crippen molar-refractivity contribution in [2.24, 2.45) is 5.16 Å². The lowest BCUT2D eigenvalue weighted by atomic mass is 10.1. The summed E-state index contributed by atoms with van der Waals surface area (Å²) in [5, 5.41) is 6.35. The third kappa shape index (κ3) is 4.84. The summed E-state index contributed by atoms with van der Waals surface area (Å²) in [4.78, 5) is 16.9. The molecule has 0 aliphatic rings. The highest BCUT2D eigenvalue weighted by Crippen LogP contribution is 2.28. The Bertz CT molecular complexity index is 772. The minimum atomic E-state index is -0.374. The first-order valence-electron chi connectivity index (χ1n) is 7.63. The highest BCUT2D eigenvalue weighted by atomic mass is 16.6. The van der Waals surface area contributed by atoms with Gasteiger partial charge in [0.1, 0.15) is 31.0 Å². The molecule has 0 saturated carbocycles. The van der Waals surface area contributed by atoms with Crippen LogP contribution in [0.5, 0.6) is 17.2 Å². The average molecular weight is 340 g/mol. The molecular formula is C19H20N2O4. The molecule has 6 nitrogen and oxygen atoms in total. The van der Waals surface area contributed by atoms with Crippen LogP contribution in [0.1, 0.15) is 5.56 Å². The minimum Gasteiger partial charge on any atom is -0.489 e. The number of rotatable bonds is 8. The Morgan fingerprint density at radius 1 is 1.20 bits per heavy atom. The van der Waals surface area contributed by atoms with Crippen molar-refractivity contribution in [1.29, 1.82) is 0 Å². The first-order chi connectivity index (χ1) is 12.2. The van der Waals surface area contributed by atoms with Gasteiger partial charge in [0.15, 0.2) is 5.71 Å².